The minimum atomic E-state index is 0.296. The molecule has 1 aromatic carbocycles. The molecule has 1 aliphatic heterocycles. The summed E-state index contributed by atoms with van der Waals surface area (Å²) in [5, 5.41) is 0. The first-order valence-corrected chi connectivity index (χ1v) is 4.86. The summed E-state index contributed by atoms with van der Waals surface area (Å²) < 4.78 is 5.49. The van der Waals surface area contributed by atoms with Crippen LogP contribution in [0.2, 0.25) is 0 Å². The predicted octanol–water partition coefficient (Wildman–Crippen LogP) is 1.82. The summed E-state index contributed by atoms with van der Waals surface area (Å²) in [6.07, 6.45) is 1.01. The van der Waals surface area contributed by atoms with Crippen LogP contribution in [0.1, 0.15) is 18.9 Å². The van der Waals surface area contributed by atoms with E-state index in [1.165, 1.54) is 0 Å². The number of nitrogen functional groups attached to an aromatic ring is 1. The maximum atomic E-state index is 5.83. The Morgan fingerprint density at radius 3 is 2.93 bits per heavy atom. The van der Waals surface area contributed by atoms with E-state index >= 15 is 0 Å². The van der Waals surface area contributed by atoms with Crippen LogP contribution in [-0.4, -0.2) is 18.5 Å². The summed E-state index contributed by atoms with van der Waals surface area (Å²) in [4.78, 5) is 4.45. The first-order valence-electron chi connectivity index (χ1n) is 4.86. The van der Waals surface area contributed by atoms with E-state index in [1.807, 2.05) is 24.3 Å². The molecule has 0 radical (unpaired) electrons. The average molecular weight is 190 g/mol. The van der Waals surface area contributed by atoms with Gasteiger partial charge in [-0.1, -0.05) is 19.1 Å². The predicted molar refractivity (Wildman–Crippen MR) is 57.4 cm³/mol. The van der Waals surface area contributed by atoms with Crippen LogP contribution in [0, 0.1) is 0 Å². The van der Waals surface area contributed by atoms with Crippen LogP contribution in [0.4, 0.5) is 5.69 Å². The molecule has 1 aliphatic rings. The topological polar surface area (TPSA) is 47.6 Å². The van der Waals surface area contributed by atoms with E-state index in [0.717, 1.165) is 17.7 Å². The SMILES string of the molecule is CC[C@@H]1COC(c2ccccc2N)=N1. The molecule has 0 aromatic heterocycles. The van der Waals surface area contributed by atoms with Gasteiger partial charge in [0.1, 0.15) is 6.61 Å². The molecule has 0 aliphatic carbocycles. The molecule has 3 heteroatoms. The zero-order valence-electron chi connectivity index (χ0n) is 8.23. The molecular weight excluding hydrogens is 176 g/mol. The molecule has 0 spiro atoms. The van der Waals surface area contributed by atoms with Crippen LogP contribution >= 0.6 is 0 Å². The van der Waals surface area contributed by atoms with Gasteiger partial charge in [0.05, 0.1) is 11.6 Å². The molecular formula is C11H14N2O. The van der Waals surface area contributed by atoms with Gasteiger partial charge in [-0.25, -0.2) is 4.99 Å². The van der Waals surface area contributed by atoms with Crippen LogP contribution in [0.25, 0.3) is 0 Å². The Kier molecular flexibility index (Phi) is 2.39. The number of ether oxygens (including phenoxy) is 1. The van der Waals surface area contributed by atoms with Crippen molar-refractivity contribution >= 4 is 11.6 Å². The van der Waals surface area contributed by atoms with Gasteiger partial charge in [-0.2, -0.15) is 0 Å². The first-order chi connectivity index (χ1) is 6.81. The van der Waals surface area contributed by atoms with Crippen molar-refractivity contribution in [2.75, 3.05) is 12.3 Å². The summed E-state index contributed by atoms with van der Waals surface area (Å²) in [6, 6.07) is 7.94. The highest BCUT2D eigenvalue weighted by molar-refractivity contribution is 5.99. The average Bonchev–Trinajstić information content (AvgIpc) is 2.67. The second kappa shape index (κ2) is 3.70. The third-order valence-electron chi connectivity index (χ3n) is 2.37. The minimum Gasteiger partial charge on any atom is -0.475 e. The smallest absolute Gasteiger partial charge is 0.218 e. The van der Waals surface area contributed by atoms with E-state index in [2.05, 4.69) is 11.9 Å². The van der Waals surface area contributed by atoms with E-state index in [1.54, 1.807) is 0 Å². The third kappa shape index (κ3) is 1.58. The fraction of sp³-hybridized carbons (Fsp3) is 0.364. The molecule has 3 nitrogen and oxygen atoms in total. The zero-order valence-corrected chi connectivity index (χ0v) is 8.23. The Morgan fingerprint density at radius 2 is 2.29 bits per heavy atom. The van der Waals surface area contributed by atoms with Crippen molar-refractivity contribution in [3.8, 4) is 0 Å². The van der Waals surface area contributed by atoms with E-state index in [-0.39, 0.29) is 0 Å². The lowest BCUT2D eigenvalue weighted by molar-refractivity contribution is 0.315. The fourth-order valence-electron chi connectivity index (χ4n) is 1.46. The quantitative estimate of drug-likeness (QED) is 0.723. The van der Waals surface area contributed by atoms with E-state index < -0.39 is 0 Å². The van der Waals surface area contributed by atoms with Gasteiger partial charge in [0.25, 0.3) is 0 Å². The zero-order chi connectivity index (χ0) is 9.97. The molecule has 0 bridgehead atoms. The fourth-order valence-corrected chi connectivity index (χ4v) is 1.46. The number of aliphatic imine (C=N–C) groups is 1. The van der Waals surface area contributed by atoms with Gasteiger partial charge in [0, 0.05) is 5.69 Å². The Labute approximate surface area is 83.6 Å². The largest absolute Gasteiger partial charge is 0.475 e. The van der Waals surface area contributed by atoms with Gasteiger partial charge in [-0.15, -0.1) is 0 Å². The second-order valence-corrected chi connectivity index (χ2v) is 3.39. The number of nitrogens with zero attached hydrogens (tertiary/aromatic N) is 1. The second-order valence-electron chi connectivity index (χ2n) is 3.39. The van der Waals surface area contributed by atoms with Crippen molar-refractivity contribution in [1.82, 2.24) is 0 Å². The number of nitrogens with two attached hydrogens (primary N) is 1. The van der Waals surface area contributed by atoms with Gasteiger partial charge in [-0.3, -0.25) is 0 Å². The molecule has 1 atom stereocenters. The van der Waals surface area contributed by atoms with Crippen LogP contribution in [-0.2, 0) is 4.74 Å². The monoisotopic (exact) mass is 190 g/mol. The number of para-hydroxylation sites is 1. The highest BCUT2D eigenvalue weighted by atomic mass is 16.5. The maximum Gasteiger partial charge on any atom is 0.218 e. The van der Waals surface area contributed by atoms with E-state index in [0.29, 0.717) is 18.5 Å². The molecule has 14 heavy (non-hydrogen) atoms. The maximum absolute atomic E-state index is 5.83. The van der Waals surface area contributed by atoms with Crippen molar-refractivity contribution in [2.45, 2.75) is 19.4 Å². The van der Waals surface area contributed by atoms with Gasteiger partial charge in [0.2, 0.25) is 5.90 Å². The Hall–Kier alpha value is -1.51. The van der Waals surface area contributed by atoms with Crippen LogP contribution in [0.5, 0.6) is 0 Å². The normalized spacial score (nSPS) is 20.4. The van der Waals surface area contributed by atoms with E-state index in [4.69, 9.17) is 10.5 Å². The number of benzene rings is 1. The highest BCUT2D eigenvalue weighted by Gasteiger charge is 2.19. The molecule has 74 valence electrons. The van der Waals surface area contributed by atoms with Gasteiger partial charge in [-0.05, 0) is 18.6 Å². The summed E-state index contributed by atoms with van der Waals surface area (Å²) in [6.45, 7) is 2.79. The molecule has 2 rings (SSSR count). The molecule has 0 unspecified atom stereocenters. The highest BCUT2D eigenvalue weighted by Crippen LogP contribution is 2.18. The molecule has 1 aromatic rings. The molecule has 1 heterocycles. The standard InChI is InChI=1S/C11H14N2O/c1-2-8-7-14-11(13-8)9-5-3-4-6-10(9)12/h3-6,8H,2,7,12H2,1H3/t8-/m1/s1. The van der Waals surface area contributed by atoms with Gasteiger partial charge < -0.3 is 10.5 Å². The number of hydrogen-bond donors (Lipinski definition) is 1. The van der Waals surface area contributed by atoms with Crippen LogP contribution in [0.15, 0.2) is 29.3 Å². The van der Waals surface area contributed by atoms with Crippen LogP contribution in [0.3, 0.4) is 0 Å². The lowest BCUT2D eigenvalue weighted by Crippen LogP contribution is -2.05. The van der Waals surface area contributed by atoms with Crippen molar-refractivity contribution in [1.29, 1.82) is 0 Å². The lowest BCUT2D eigenvalue weighted by Gasteiger charge is -2.03. The van der Waals surface area contributed by atoms with Gasteiger partial charge in [0.15, 0.2) is 0 Å². The lowest BCUT2D eigenvalue weighted by atomic mass is 10.2. The van der Waals surface area contributed by atoms with Crippen molar-refractivity contribution in [3.05, 3.63) is 29.8 Å². The van der Waals surface area contributed by atoms with E-state index in [9.17, 15) is 0 Å². The Morgan fingerprint density at radius 1 is 1.50 bits per heavy atom. The number of hydrogen-bond acceptors (Lipinski definition) is 3. The summed E-state index contributed by atoms with van der Waals surface area (Å²) in [5.41, 5.74) is 7.46. The Bertz CT molecular complexity index is 360. The molecule has 2 N–H and O–H groups in total. The van der Waals surface area contributed by atoms with Crippen molar-refractivity contribution in [3.63, 3.8) is 0 Å². The number of rotatable bonds is 2. The first kappa shape index (κ1) is 9.06. The molecule has 0 amide bonds. The van der Waals surface area contributed by atoms with Crippen molar-refractivity contribution in [2.24, 2.45) is 4.99 Å². The molecule has 0 fully saturated rings. The number of anilines is 1. The minimum absolute atomic E-state index is 0.296. The van der Waals surface area contributed by atoms with Crippen molar-refractivity contribution < 1.29 is 4.74 Å². The van der Waals surface area contributed by atoms with Gasteiger partial charge >= 0.3 is 0 Å². The third-order valence-corrected chi connectivity index (χ3v) is 2.37. The summed E-state index contributed by atoms with van der Waals surface area (Å²) >= 11 is 0. The molecule has 0 saturated carbocycles. The van der Waals surface area contributed by atoms with Crippen LogP contribution < -0.4 is 5.73 Å². The molecule has 0 saturated heterocycles. The summed E-state index contributed by atoms with van der Waals surface area (Å²) in [5.74, 6) is 0.690. The Balaban J connectivity index is 2.28. The summed E-state index contributed by atoms with van der Waals surface area (Å²) in [7, 11) is 0.